The average molecular weight is 532 g/mol. The van der Waals surface area contributed by atoms with Gasteiger partial charge in [0.2, 0.25) is 11.3 Å². The van der Waals surface area contributed by atoms with E-state index in [1.54, 1.807) is 72.8 Å². The second-order valence-electron chi connectivity index (χ2n) is 8.89. The Bertz CT molecular complexity index is 1320. The number of aliphatic hydroxyl groups excluding tert-OH is 1. The van der Waals surface area contributed by atoms with Crippen molar-refractivity contribution >= 4 is 34.6 Å². The minimum atomic E-state index is -2.22. The van der Waals surface area contributed by atoms with E-state index in [2.05, 4.69) is 10.6 Å². The molecule has 38 heavy (non-hydrogen) atoms. The highest BCUT2D eigenvalue weighted by Gasteiger charge is 2.74. The Morgan fingerprint density at radius 3 is 2.13 bits per heavy atom. The first-order chi connectivity index (χ1) is 18.4. The van der Waals surface area contributed by atoms with Crippen molar-refractivity contribution < 1.29 is 28.8 Å². The lowest BCUT2D eigenvalue weighted by Crippen LogP contribution is -2.85. The van der Waals surface area contributed by atoms with Gasteiger partial charge in [-0.25, -0.2) is 4.79 Å². The Morgan fingerprint density at radius 1 is 1.00 bits per heavy atom. The van der Waals surface area contributed by atoms with Gasteiger partial charge in [0.05, 0.1) is 12.7 Å². The fourth-order valence-electron chi connectivity index (χ4n) is 4.57. The lowest BCUT2D eigenvalue weighted by molar-refractivity contribution is -0.176. The summed E-state index contributed by atoms with van der Waals surface area (Å²) in [6, 6.07) is 26.9. The predicted octanol–water partition coefficient (Wildman–Crippen LogP) is 2.62. The lowest BCUT2D eigenvalue weighted by Gasteiger charge is -2.52. The van der Waals surface area contributed by atoms with E-state index in [4.69, 9.17) is 4.74 Å². The number of nitrogens with one attached hydrogen (secondary N) is 2. The van der Waals surface area contributed by atoms with E-state index in [1.165, 1.54) is 0 Å². The van der Waals surface area contributed by atoms with Crippen LogP contribution in [0.5, 0.6) is 0 Å². The molecule has 9 nitrogen and oxygen atoms in total. The molecule has 0 aromatic heterocycles. The third-order valence-corrected chi connectivity index (χ3v) is 8.00. The van der Waals surface area contributed by atoms with E-state index in [0.29, 0.717) is 16.8 Å². The van der Waals surface area contributed by atoms with Crippen molar-refractivity contribution in [2.75, 3.05) is 17.6 Å². The maximum Gasteiger partial charge on any atom is 0.350 e. The molecular formula is C28H25N3O6S. The molecule has 0 aliphatic carbocycles. The molecule has 2 aliphatic heterocycles. The van der Waals surface area contributed by atoms with Gasteiger partial charge in [-0.15, -0.1) is 0 Å². The maximum absolute atomic E-state index is 13.9. The SMILES string of the molecule is O=C(CNc1ccccc1)NC1(C(=O)OC(c2ccccc2)c2ccccc2)C(=O)N2C=C(O)C[S+]([O-])[C@H]21. The zero-order valence-electron chi connectivity index (χ0n) is 20.2. The van der Waals surface area contributed by atoms with E-state index >= 15 is 0 Å². The Labute approximate surface area is 222 Å². The number of rotatable bonds is 8. The zero-order valence-corrected chi connectivity index (χ0v) is 21.0. The van der Waals surface area contributed by atoms with Crippen LogP contribution in [0.1, 0.15) is 17.2 Å². The largest absolute Gasteiger partial charge is 0.614 e. The van der Waals surface area contributed by atoms with Crippen molar-refractivity contribution in [2.45, 2.75) is 17.0 Å². The van der Waals surface area contributed by atoms with Crippen LogP contribution in [0, 0.1) is 0 Å². The molecule has 2 aliphatic rings. The summed E-state index contributed by atoms with van der Waals surface area (Å²) in [6.07, 6.45) is 0.254. The van der Waals surface area contributed by atoms with Crippen molar-refractivity contribution in [1.82, 2.24) is 10.2 Å². The fraction of sp³-hybridized carbons (Fsp3) is 0.179. The molecule has 10 heteroatoms. The molecule has 5 rings (SSSR count). The number of amides is 2. The molecule has 3 atom stereocenters. The lowest BCUT2D eigenvalue weighted by atomic mass is 9.87. The summed E-state index contributed by atoms with van der Waals surface area (Å²) in [5, 5.41) is 14.2. The number of β-lactam (4-membered cyclic amide) rings is 1. The minimum Gasteiger partial charge on any atom is -0.614 e. The predicted molar refractivity (Wildman–Crippen MR) is 141 cm³/mol. The normalized spacial score (nSPS) is 22.1. The highest BCUT2D eigenvalue weighted by atomic mass is 32.2. The summed E-state index contributed by atoms with van der Waals surface area (Å²) in [4.78, 5) is 41.3. The summed E-state index contributed by atoms with van der Waals surface area (Å²) in [7, 11) is 0. The Morgan fingerprint density at radius 2 is 1.55 bits per heavy atom. The van der Waals surface area contributed by atoms with E-state index < -0.39 is 46.0 Å². The standard InChI is InChI=1S/C28H25N3O6S/c32-22-17-31-25(34)28(26(31)38(36)18-22,30-23(33)16-29-21-14-8-3-9-15-21)27(35)37-24(19-10-4-1-5-11-19)20-12-6-2-7-13-20/h1-15,17,24,26,29,32H,16,18H2,(H,30,33)/t26-,28?,38?/m0/s1. The number of carbonyl (C=O) groups is 3. The topological polar surface area (TPSA) is 131 Å². The van der Waals surface area contributed by atoms with Crippen LogP contribution >= 0.6 is 0 Å². The van der Waals surface area contributed by atoms with Crippen LogP contribution < -0.4 is 10.6 Å². The van der Waals surface area contributed by atoms with Crippen LogP contribution in [0.3, 0.4) is 0 Å². The summed E-state index contributed by atoms with van der Waals surface area (Å²) >= 11 is -1.88. The van der Waals surface area contributed by atoms with Crippen LogP contribution in [-0.4, -0.2) is 55.6 Å². The number of anilines is 1. The van der Waals surface area contributed by atoms with Gasteiger partial charge in [0.15, 0.2) is 17.6 Å². The first-order valence-corrected chi connectivity index (χ1v) is 13.3. The summed E-state index contributed by atoms with van der Waals surface area (Å²) < 4.78 is 19.0. The monoisotopic (exact) mass is 531 g/mol. The quantitative estimate of drug-likeness (QED) is 0.176. The molecule has 0 saturated carbocycles. The third-order valence-electron chi connectivity index (χ3n) is 6.34. The molecule has 1 saturated heterocycles. The summed E-state index contributed by atoms with van der Waals surface area (Å²) in [5.41, 5.74) is -0.238. The van der Waals surface area contributed by atoms with E-state index in [9.17, 15) is 24.0 Å². The number of hydrogen-bond donors (Lipinski definition) is 3. The number of para-hydroxylation sites is 1. The van der Waals surface area contributed by atoms with Crippen molar-refractivity contribution in [3.05, 3.63) is 114 Å². The number of esters is 1. The van der Waals surface area contributed by atoms with Crippen LogP contribution in [-0.2, 0) is 30.3 Å². The molecular weight excluding hydrogens is 506 g/mol. The number of hydrogen-bond acceptors (Lipinski definition) is 7. The molecule has 2 unspecified atom stereocenters. The van der Waals surface area contributed by atoms with Gasteiger partial charge in [-0.05, 0) is 34.4 Å². The molecule has 2 amide bonds. The third kappa shape index (κ3) is 4.71. The van der Waals surface area contributed by atoms with E-state index in [-0.39, 0.29) is 18.1 Å². The second-order valence-corrected chi connectivity index (χ2v) is 10.4. The van der Waals surface area contributed by atoms with Gasteiger partial charge in [-0.1, -0.05) is 78.9 Å². The number of nitrogens with zero attached hydrogens (tertiary/aromatic N) is 1. The number of carbonyl (C=O) groups excluding carboxylic acids is 3. The zero-order chi connectivity index (χ0) is 26.7. The van der Waals surface area contributed by atoms with Gasteiger partial charge >= 0.3 is 5.97 Å². The van der Waals surface area contributed by atoms with Crippen molar-refractivity contribution in [3.63, 3.8) is 0 Å². The average Bonchev–Trinajstić information content (AvgIpc) is 2.94. The molecule has 0 bridgehead atoms. The van der Waals surface area contributed by atoms with E-state index in [1.807, 2.05) is 18.2 Å². The van der Waals surface area contributed by atoms with Crippen LogP contribution in [0.25, 0.3) is 0 Å². The van der Waals surface area contributed by atoms with Crippen molar-refractivity contribution in [3.8, 4) is 0 Å². The molecule has 3 aromatic carbocycles. The van der Waals surface area contributed by atoms with Gasteiger partial charge in [-0.2, -0.15) is 0 Å². The Kier molecular flexibility index (Phi) is 7.08. The highest BCUT2D eigenvalue weighted by molar-refractivity contribution is 7.92. The smallest absolute Gasteiger partial charge is 0.350 e. The van der Waals surface area contributed by atoms with Gasteiger partial charge in [0.1, 0.15) is 0 Å². The number of benzene rings is 3. The fourth-order valence-corrected chi connectivity index (χ4v) is 6.16. The van der Waals surface area contributed by atoms with Gasteiger partial charge < -0.3 is 25.0 Å². The molecule has 1 fully saturated rings. The maximum atomic E-state index is 13.9. The highest BCUT2D eigenvalue weighted by Crippen LogP contribution is 2.41. The molecule has 3 aromatic rings. The molecule has 2 heterocycles. The summed E-state index contributed by atoms with van der Waals surface area (Å²) in [5.74, 6) is -3.04. The molecule has 0 radical (unpaired) electrons. The Balaban J connectivity index is 1.46. The van der Waals surface area contributed by atoms with Gasteiger partial charge in [0, 0.05) is 5.69 Å². The summed E-state index contributed by atoms with van der Waals surface area (Å²) in [6.45, 7) is -0.242. The van der Waals surface area contributed by atoms with Crippen molar-refractivity contribution in [2.24, 2.45) is 0 Å². The van der Waals surface area contributed by atoms with Crippen LogP contribution in [0.15, 0.2) is 103 Å². The Hall–Kier alpha value is -4.28. The van der Waals surface area contributed by atoms with Gasteiger partial charge in [-0.3, -0.25) is 14.5 Å². The number of fused-ring (bicyclic) bond motifs is 1. The molecule has 194 valence electrons. The minimum absolute atomic E-state index is 0.242. The second kappa shape index (κ2) is 10.6. The van der Waals surface area contributed by atoms with Crippen LogP contribution in [0.2, 0.25) is 0 Å². The van der Waals surface area contributed by atoms with Crippen molar-refractivity contribution in [1.29, 1.82) is 0 Å². The number of aliphatic hydroxyl groups is 1. The van der Waals surface area contributed by atoms with Crippen LogP contribution in [0.4, 0.5) is 5.69 Å². The number of ether oxygens (including phenoxy) is 1. The van der Waals surface area contributed by atoms with E-state index in [0.717, 1.165) is 11.1 Å². The molecule has 0 spiro atoms. The first-order valence-electron chi connectivity index (χ1n) is 11.9. The molecule has 3 N–H and O–H groups in total. The van der Waals surface area contributed by atoms with Gasteiger partial charge in [0.25, 0.3) is 11.4 Å². The first kappa shape index (κ1) is 25.4.